The number of nitrogens with two attached hydrogens (primary N) is 1. The molecule has 1 aromatic carbocycles. The number of carbonyl (C=O) groups excluding carboxylic acids is 1. The number of amides is 1. The van der Waals surface area contributed by atoms with Crippen molar-refractivity contribution in [3.8, 4) is 0 Å². The minimum Gasteiger partial charge on any atom is -0.340 e. The highest BCUT2D eigenvalue weighted by Gasteiger charge is 2.15. The lowest BCUT2D eigenvalue weighted by atomic mass is 10.2. The van der Waals surface area contributed by atoms with Gasteiger partial charge in [0.1, 0.15) is 5.82 Å². The van der Waals surface area contributed by atoms with Crippen LogP contribution in [0.3, 0.4) is 0 Å². The topological polar surface area (TPSA) is 46.3 Å². The van der Waals surface area contributed by atoms with Gasteiger partial charge in [0.25, 0.3) is 0 Å². The van der Waals surface area contributed by atoms with Crippen molar-refractivity contribution in [2.75, 3.05) is 7.05 Å². The summed E-state index contributed by atoms with van der Waals surface area (Å²) < 4.78 is 12.7. The minimum atomic E-state index is -0.453. The Bertz CT molecular complexity index is 351. The quantitative estimate of drug-likeness (QED) is 0.842. The summed E-state index contributed by atoms with van der Waals surface area (Å²) in [7, 11) is 1.70. The molecule has 3 nitrogen and oxygen atoms in total. The summed E-state index contributed by atoms with van der Waals surface area (Å²) >= 11 is 0. The maximum absolute atomic E-state index is 12.7. The van der Waals surface area contributed by atoms with Crippen molar-refractivity contribution in [3.63, 3.8) is 0 Å². The van der Waals surface area contributed by atoms with E-state index in [1.54, 1.807) is 24.1 Å². The fraction of sp³-hybridized carbons (Fsp3) is 0.417. The number of hydrogen-bond donors (Lipinski definition) is 1. The lowest BCUT2D eigenvalue weighted by molar-refractivity contribution is -0.131. The smallest absolute Gasteiger partial charge is 0.239 e. The van der Waals surface area contributed by atoms with Gasteiger partial charge in [0.05, 0.1) is 6.04 Å². The summed E-state index contributed by atoms with van der Waals surface area (Å²) in [6.45, 7) is 2.32. The van der Waals surface area contributed by atoms with Crippen LogP contribution in [-0.2, 0) is 11.3 Å². The zero-order valence-corrected chi connectivity index (χ0v) is 9.61. The zero-order chi connectivity index (χ0) is 12.1. The van der Waals surface area contributed by atoms with E-state index in [0.717, 1.165) is 5.56 Å². The van der Waals surface area contributed by atoms with Gasteiger partial charge in [-0.1, -0.05) is 19.1 Å². The first-order valence-corrected chi connectivity index (χ1v) is 5.29. The second kappa shape index (κ2) is 5.61. The summed E-state index contributed by atoms with van der Waals surface area (Å²) in [5, 5.41) is 0. The van der Waals surface area contributed by atoms with E-state index < -0.39 is 6.04 Å². The molecule has 0 saturated heterocycles. The Labute approximate surface area is 95.0 Å². The summed E-state index contributed by atoms with van der Waals surface area (Å²) in [6, 6.07) is 5.64. The van der Waals surface area contributed by atoms with Gasteiger partial charge >= 0.3 is 0 Å². The molecule has 1 amide bonds. The molecular formula is C12H17FN2O. The van der Waals surface area contributed by atoms with Crippen LogP contribution >= 0.6 is 0 Å². The normalized spacial score (nSPS) is 12.2. The van der Waals surface area contributed by atoms with E-state index in [9.17, 15) is 9.18 Å². The van der Waals surface area contributed by atoms with Gasteiger partial charge in [-0.25, -0.2) is 4.39 Å². The predicted molar refractivity (Wildman–Crippen MR) is 61.1 cm³/mol. The van der Waals surface area contributed by atoms with Crippen molar-refractivity contribution in [1.29, 1.82) is 0 Å². The van der Waals surface area contributed by atoms with Crippen molar-refractivity contribution in [2.45, 2.75) is 25.9 Å². The van der Waals surface area contributed by atoms with Crippen molar-refractivity contribution in [2.24, 2.45) is 5.73 Å². The van der Waals surface area contributed by atoms with Gasteiger partial charge in [-0.05, 0) is 24.1 Å². The van der Waals surface area contributed by atoms with Crippen molar-refractivity contribution < 1.29 is 9.18 Å². The molecule has 88 valence electrons. The Morgan fingerprint density at radius 3 is 2.50 bits per heavy atom. The van der Waals surface area contributed by atoms with Crippen LogP contribution in [0.1, 0.15) is 18.9 Å². The van der Waals surface area contributed by atoms with Crippen molar-refractivity contribution in [1.82, 2.24) is 4.90 Å². The van der Waals surface area contributed by atoms with Crippen molar-refractivity contribution >= 4 is 5.91 Å². The van der Waals surface area contributed by atoms with Crippen LogP contribution in [-0.4, -0.2) is 23.9 Å². The molecule has 4 heteroatoms. The van der Waals surface area contributed by atoms with Crippen LogP contribution in [0.2, 0.25) is 0 Å². The second-order valence-corrected chi connectivity index (χ2v) is 3.84. The van der Waals surface area contributed by atoms with Crippen LogP contribution in [0.15, 0.2) is 24.3 Å². The highest BCUT2D eigenvalue weighted by atomic mass is 19.1. The predicted octanol–water partition coefficient (Wildman–Crippen LogP) is 1.52. The van der Waals surface area contributed by atoms with E-state index in [1.165, 1.54) is 12.1 Å². The average Bonchev–Trinajstić information content (AvgIpc) is 2.30. The second-order valence-electron chi connectivity index (χ2n) is 3.84. The molecule has 0 aliphatic rings. The Morgan fingerprint density at radius 2 is 2.00 bits per heavy atom. The molecule has 0 fully saturated rings. The minimum absolute atomic E-state index is 0.0909. The number of carbonyl (C=O) groups is 1. The molecule has 1 unspecified atom stereocenters. The molecule has 0 radical (unpaired) electrons. The van der Waals surface area contributed by atoms with E-state index in [-0.39, 0.29) is 11.7 Å². The number of halogens is 1. The van der Waals surface area contributed by atoms with Gasteiger partial charge < -0.3 is 10.6 Å². The van der Waals surface area contributed by atoms with Gasteiger partial charge in [-0.3, -0.25) is 4.79 Å². The lowest BCUT2D eigenvalue weighted by Gasteiger charge is -2.20. The molecule has 0 heterocycles. The molecule has 16 heavy (non-hydrogen) atoms. The van der Waals surface area contributed by atoms with Crippen LogP contribution in [0.25, 0.3) is 0 Å². The Morgan fingerprint density at radius 1 is 1.44 bits per heavy atom. The number of benzene rings is 1. The molecule has 1 rings (SSSR count). The summed E-state index contributed by atoms with van der Waals surface area (Å²) in [4.78, 5) is 13.2. The molecule has 0 aliphatic heterocycles. The maximum atomic E-state index is 12.7. The van der Waals surface area contributed by atoms with E-state index in [1.807, 2.05) is 6.92 Å². The summed E-state index contributed by atoms with van der Waals surface area (Å²) in [6.07, 6.45) is 0.618. The Kier molecular flexibility index (Phi) is 4.43. The van der Waals surface area contributed by atoms with Crippen molar-refractivity contribution in [3.05, 3.63) is 35.6 Å². The van der Waals surface area contributed by atoms with Crippen LogP contribution in [0, 0.1) is 5.82 Å². The molecule has 0 spiro atoms. The van der Waals surface area contributed by atoms with E-state index in [2.05, 4.69) is 0 Å². The van der Waals surface area contributed by atoms with Gasteiger partial charge in [0, 0.05) is 13.6 Å². The number of likely N-dealkylation sites (N-methyl/N-ethyl adjacent to an activating group) is 1. The maximum Gasteiger partial charge on any atom is 0.239 e. The third kappa shape index (κ3) is 3.31. The summed E-state index contributed by atoms with van der Waals surface area (Å²) in [5.74, 6) is -0.366. The number of nitrogens with zero attached hydrogens (tertiary/aromatic N) is 1. The van der Waals surface area contributed by atoms with E-state index in [0.29, 0.717) is 13.0 Å². The van der Waals surface area contributed by atoms with Crippen LogP contribution < -0.4 is 5.73 Å². The standard InChI is InChI=1S/C12H17FN2O/c1-3-11(14)12(16)15(2)8-9-4-6-10(13)7-5-9/h4-7,11H,3,8,14H2,1-2H3. The van der Waals surface area contributed by atoms with Gasteiger partial charge in [0.15, 0.2) is 0 Å². The Hall–Kier alpha value is -1.42. The first kappa shape index (κ1) is 12.6. The molecule has 0 saturated carbocycles. The summed E-state index contributed by atoms with van der Waals surface area (Å²) in [5.41, 5.74) is 6.53. The molecule has 0 aromatic heterocycles. The molecule has 1 atom stereocenters. The average molecular weight is 224 g/mol. The van der Waals surface area contributed by atoms with Gasteiger partial charge in [0.2, 0.25) is 5.91 Å². The fourth-order valence-electron chi connectivity index (χ4n) is 1.40. The van der Waals surface area contributed by atoms with Gasteiger partial charge in [-0.15, -0.1) is 0 Å². The molecular weight excluding hydrogens is 207 g/mol. The first-order chi connectivity index (χ1) is 7.54. The lowest BCUT2D eigenvalue weighted by Crippen LogP contribution is -2.40. The number of hydrogen-bond acceptors (Lipinski definition) is 2. The van der Waals surface area contributed by atoms with E-state index in [4.69, 9.17) is 5.73 Å². The largest absolute Gasteiger partial charge is 0.340 e. The third-order valence-corrected chi connectivity index (χ3v) is 2.47. The zero-order valence-electron chi connectivity index (χ0n) is 9.61. The molecule has 0 aliphatic carbocycles. The fourth-order valence-corrected chi connectivity index (χ4v) is 1.40. The number of rotatable bonds is 4. The molecule has 1 aromatic rings. The van der Waals surface area contributed by atoms with Crippen LogP contribution in [0.4, 0.5) is 4.39 Å². The van der Waals surface area contributed by atoms with Gasteiger partial charge in [-0.2, -0.15) is 0 Å². The first-order valence-electron chi connectivity index (χ1n) is 5.29. The highest BCUT2D eigenvalue weighted by Crippen LogP contribution is 2.06. The highest BCUT2D eigenvalue weighted by molar-refractivity contribution is 5.81. The third-order valence-electron chi connectivity index (χ3n) is 2.47. The monoisotopic (exact) mass is 224 g/mol. The van der Waals surface area contributed by atoms with E-state index >= 15 is 0 Å². The van der Waals surface area contributed by atoms with Crippen LogP contribution in [0.5, 0.6) is 0 Å². The molecule has 2 N–H and O–H groups in total. The SMILES string of the molecule is CCC(N)C(=O)N(C)Cc1ccc(F)cc1. The Balaban J connectivity index is 2.60. The molecule has 0 bridgehead atoms.